The van der Waals surface area contributed by atoms with Crippen LogP contribution < -0.4 is 0 Å². The number of nitrogens with zero attached hydrogens (tertiary/aromatic N) is 3. The average Bonchev–Trinajstić information content (AvgIpc) is 3.14. The first-order valence-corrected chi connectivity index (χ1v) is 11.2. The first-order chi connectivity index (χ1) is 13.5. The van der Waals surface area contributed by atoms with E-state index in [4.69, 9.17) is 0 Å². The number of aryl methyl sites for hydroxylation is 1. The standard InChI is InChI=1S/C20H24FN3O2S2/c1-3-19-22-16(12-28-19)11-23-6-8-24(9-7-23)20(26)13-27-18-5-4-15(14(2)25)10-17(18)21/h4-5,10,12H,3,6-9,11,13H2,1-2H3. The number of carbonyl (C=O) groups excluding carboxylic acids is 2. The lowest BCUT2D eigenvalue weighted by Gasteiger charge is -2.34. The highest BCUT2D eigenvalue weighted by Crippen LogP contribution is 2.23. The van der Waals surface area contributed by atoms with Crippen LogP contribution in [0.15, 0.2) is 28.5 Å². The number of Topliss-reactive ketones (excluding diaryl/α,β-unsaturated/α-hetero) is 1. The quantitative estimate of drug-likeness (QED) is 0.506. The number of amides is 1. The minimum atomic E-state index is -0.454. The molecule has 0 N–H and O–H groups in total. The smallest absolute Gasteiger partial charge is 0.233 e. The Balaban J connectivity index is 1.45. The molecule has 150 valence electrons. The van der Waals surface area contributed by atoms with Crippen LogP contribution in [-0.2, 0) is 17.8 Å². The van der Waals surface area contributed by atoms with Gasteiger partial charge in [0, 0.05) is 48.6 Å². The van der Waals surface area contributed by atoms with E-state index in [0.717, 1.165) is 36.8 Å². The van der Waals surface area contributed by atoms with Gasteiger partial charge in [-0.3, -0.25) is 14.5 Å². The van der Waals surface area contributed by atoms with Crippen molar-refractivity contribution in [2.24, 2.45) is 0 Å². The molecule has 0 bridgehead atoms. The Morgan fingerprint density at radius 2 is 2.00 bits per heavy atom. The normalized spacial score (nSPS) is 15.0. The minimum Gasteiger partial charge on any atom is -0.339 e. The Morgan fingerprint density at radius 3 is 2.61 bits per heavy atom. The van der Waals surface area contributed by atoms with Gasteiger partial charge in [0.05, 0.1) is 16.5 Å². The number of hydrogen-bond donors (Lipinski definition) is 0. The maximum atomic E-state index is 14.1. The van der Waals surface area contributed by atoms with Gasteiger partial charge in [0.25, 0.3) is 0 Å². The summed E-state index contributed by atoms with van der Waals surface area (Å²) in [6.07, 6.45) is 0.961. The van der Waals surface area contributed by atoms with Gasteiger partial charge < -0.3 is 4.90 Å². The molecule has 28 heavy (non-hydrogen) atoms. The van der Waals surface area contributed by atoms with Crippen molar-refractivity contribution in [1.29, 1.82) is 0 Å². The van der Waals surface area contributed by atoms with Crippen LogP contribution in [-0.4, -0.2) is 58.4 Å². The highest BCUT2D eigenvalue weighted by molar-refractivity contribution is 8.00. The Bertz CT molecular complexity index is 848. The molecule has 0 aliphatic carbocycles. The third-order valence-corrected chi connectivity index (χ3v) is 6.78. The van der Waals surface area contributed by atoms with E-state index in [0.29, 0.717) is 23.5 Å². The molecule has 2 heterocycles. The molecule has 0 radical (unpaired) electrons. The molecule has 1 fully saturated rings. The lowest BCUT2D eigenvalue weighted by molar-refractivity contribution is -0.130. The lowest BCUT2D eigenvalue weighted by atomic mass is 10.1. The molecule has 3 rings (SSSR count). The number of thiazole rings is 1. The first-order valence-electron chi connectivity index (χ1n) is 9.33. The van der Waals surface area contributed by atoms with E-state index in [1.54, 1.807) is 23.5 Å². The van der Waals surface area contributed by atoms with E-state index >= 15 is 0 Å². The van der Waals surface area contributed by atoms with Gasteiger partial charge in [0.2, 0.25) is 5.91 Å². The van der Waals surface area contributed by atoms with Gasteiger partial charge in [-0.2, -0.15) is 0 Å². The van der Waals surface area contributed by atoms with Gasteiger partial charge in [-0.15, -0.1) is 23.1 Å². The highest BCUT2D eigenvalue weighted by atomic mass is 32.2. The average molecular weight is 422 g/mol. The maximum absolute atomic E-state index is 14.1. The molecule has 5 nitrogen and oxygen atoms in total. The van der Waals surface area contributed by atoms with E-state index in [1.165, 1.54) is 24.8 Å². The monoisotopic (exact) mass is 421 g/mol. The Morgan fingerprint density at radius 1 is 1.25 bits per heavy atom. The molecule has 1 aliphatic rings. The number of hydrogen-bond acceptors (Lipinski definition) is 6. The number of ketones is 1. The van der Waals surface area contributed by atoms with Crippen LogP contribution in [0.4, 0.5) is 4.39 Å². The summed E-state index contributed by atoms with van der Waals surface area (Å²) in [5.74, 6) is -0.415. The van der Waals surface area contributed by atoms with Crippen LogP contribution in [0.3, 0.4) is 0 Å². The maximum Gasteiger partial charge on any atom is 0.233 e. The summed E-state index contributed by atoms with van der Waals surface area (Å²) in [4.78, 5) is 32.9. The molecule has 0 spiro atoms. The largest absolute Gasteiger partial charge is 0.339 e. The third kappa shape index (κ3) is 5.40. The van der Waals surface area contributed by atoms with Crippen molar-refractivity contribution in [2.75, 3.05) is 31.9 Å². The number of benzene rings is 1. The highest BCUT2D eigenvalue weighted by Gasteiger charge is 2.22. The van der Waals surface area contributed by atoms with E-state index in [1.807, 2.05) is 4.90 Å². The van der Waals surface area contributed by atoms with Crippen LogP contribution in [0.1, 0.15) is 34.9 Å². The van der Waals surface area contributed by atoms with Gasteiger partial charge in [-0.25, -0.2) is 9.37 Å². The topological polar surface area (TPSA) is 53.5 Å². The molecule has 1 aromatic carbocycles. The van der Waals surface area contributed by atoms with Gasteiger partial charge in [0.15, 0.2) is 5.78 Å². The van der Waals surface area contributed by atoms with Crippen molar-refractivity contribution < 1.29 is 14.0 Å². The number of carbonyl (C=O) groups is 2. The number of piperazine rings is 1. The predicted molar refractivity (Wildman–Crippen MR) is 110 cm³/mol. The van der Waals surface area contributed by atoms with Crippen LogP contribution in [0.25, 0.3) is 0 Å². The molecule has 1 aliphatic heterocycles. The van der Waals surface area contributed by atoms with E-state index < -0.39 is 5.82 Å². The molecule has 1 saturated heterocycles. The second kappa shape index (κ2) is 9.62. The Labute approximate surface area is 172 Å². The van der Waals surface area contributed by atoms with Crippen LogP contribution in [0.5, 0.6) is 0 Å². The third-order valence-electron chi connectivity index (χ3n) is 4.70. The van der Waals surface area contributed by atoms with Crippen molar-refractivity contribution in [3.63, 3.8) is 0 Å². The summed E-state index contributed by atoms with van der Waals surface area (Å²) in [6.45, 7) is 7.32. The van der Waals surface area contributed by atoms with Gasteiger partial charge >= 0.3 is 0 Å². The molecule has 1 amide bonds. The van der Waals surface area contributed by atoms with Crippen molar-refractivity contribution in [3.8, 4) is 0 Å². The van der Waals surface area contributed by atoms with Gasteiger partial charge in [-0.1, -0.05) is 13.0 Å². The molecule has 2 aromatic rings. The number of rotatable bonds is 7. The fourth-order valence-electron chi connectivity index (χ4n) is 3.04. The number of aromatic nitrogens is 1. The number of thioether (sulfide) groups is 1. The fraction of sp³-hybridized carbons (Fsp3) is 0.450. The molecule has 0 saturated carbocycles. The van der Waals surface area contributed by atoms with Gasteiger partial charge in [0.1, 0.15) is 5.82 Å². The summed E-state index contributed by atoms with van der Waals surface area (Å²) in [5, 5.41) is 3.27. The summed E-state index contributed by atoms with van der Waals surface area (Å²) < 4.78 is 14.1. The first kappa shape index (κ1) is 21.0. The molecular weight excluding hydrogens is 397 g/mol. The van der Waals surface area contributed by atoms with Gasteiger partial charge in [-0.05, 0) is 25.5 Å². The predicted octanol–water partition coefficient (Wildman–Crippen LogP) is 3.48. The van der Waals surface area contributed by atoms with Crippen LogP contribution in [0.2, 0.25) is 0 Å². The van der Waals surface area contributed by atoms with Crippen molar-refractivity contribution in [2.45, 2.75) is 31.7 Å². The minimum absolute atomic E-state index is 0.0154. The van der Waals surface area contributed by atoms with Crippen LogP contribution >= 0.6 is 23.1 Å². The second-order valence-corrected chi connectivity index (χ2v) is 8.69. The molecule has 0 unspecified atom stereocenters. The molecule has 1 aromatic heterocycles. The zero-order valence-electron chi connectivity index (χ0n) is 16.1. The van der Waals surface area contributed by atoms with Crippen LogP contribution in [0, 0.1) is 5.82 Å². The summed E-state index contributed by atoms with van der Waals surface area (Å²) >= 11 is 2.88. The van der Waals surface area contributed by atoms with E-state index in [9.17, 15) is 14.0 Å². The molecular formula is C20H24FN3O2S2. The van der Waals surface area contributed by atoms with E-state index in [2.05, 4.69) is 22.2 Å². The number of halogens is 1. The second-order valence-electron chi connectivity index (χ2n) is 6.73. The zero-order chi connectivity index (χ0) is 20.1. The van der Waals surface area contributed by atoms with Crippen molar-refractivity contribution in [3.05, 3.63) is 45.7 Å². The summed E-state index contributed by atoms with van der Waals surface area (Å²) in [5.41, 5.74) is 1.44. The summed E-state index contributed by atoms with van der Waals surface area (Å²) in [7, 11) is 0. The lowest BCUT2D eigenvalue weighted by Crippen LogP contribution is -2.48. The summed E-state index contributed by atoms with van der Waals surface area (Å²) in [6, 6.07) is 4.40. The van der Waals surface area contributed by atoms with Crippen molar-refractivity contribution >= 4 is 34.8 Å². The SMILES string of the molecule is CCc1nc(CN2CCN(C(=O)CSc3ccc(C(C)=O)cc3F)CC2)cs1. The van der Waals surface area contributed by atoms with E-state index in [-0.39, 0.29) is 17.4 Å². The fourth-order valence-corrected chi connectivity index (χ4v) is 4.59. The zero-order valence-corrected chi connectivity index (χ0v) is 17.7. The van der Waals surface area contributed by atoms with Crippen molar-refractivity contribution in [1.82, 2.24) is 14.8 Å². The Hall–Kier alpha value is -1.77. The molecule has 0 atom stereocenters. The Kier molecular flexibility index (Phi) is 7.20. The molecule has 8 heteroatoms.